The molecule has 2 rings (SSSR count). The van der Waals surface area contributed by atoms with E-state index in [4.69, 9.17) is 17.3 Å². The molecule has 0 aromatic heterocycles. The molecule has 0 saturated carbocycles. The molecule has 0 unspecified atom stereocenters. The Labute approximate surface area is 122 Å². The number of anilines is 2. The number of nitrogens with one attached hydrogen (secondary N) is 1. The largest absolute Gasteiger partial charge is 0.397 e. The molecule has 2 aromatic rings. The quantitative estimate of drug-likeness (QED) is 0.807. The summed E-state index contributed by atoms with van der Waals surface area (Å²) in [6.07, 6.45) is 0. The first-order valence-electron chi connectivity index (χ1n) is 5.29. The summed E-state index contributed by atoms with van der Waals surface area (Å²) in [5, 5.41) is 2.81. The molecule has 98 valence electrons. The molecular weight excluding hydrogens is 335 g/mol. The summed E-state index contributed by atoms with van der Waals surface area (Å²) in [6, 6.07) is 8.72. The van der Waals surface area contributed by atoms with Gasteiger partial charge in [-0.1, -0.05) is 17.7 Å². The second kappa shape index (κ2) is 5.59. The molecule has 6 heteroatoms. The lowest BCUT2D eigenvalue weighted by Crippen LogP contribution is -2.14. The van der Waals surface area contributed by atoms with Crippen molar-refractivity contribution in [3.63, 3.8) is 0 Å². The molecule has 3 nitrogen and oxygen atoms in total. The van der Waals surface area contributed by atoms with Gasteiger partial charge in [-0.15, -0.1) is 0 Å². The molecule has 19 heavy (non-hydrogen) atoms. The summed E-state index contributed by atoms with van der Waals surface area (Å²) < 4.78 is 13.7. The van der Waals surface area contributed by atoms with Gasteiger partial charge >= 0.3 is 0 Å². The Morgan fingerprint density at radius 2 is 2.05 bits per heavy atom. The van der Waals surface area contributed by atoms with Crippen molar-refractivity contribution >= 4 is 44.8 Å². The van der Waals surface area contributed by atoms with Crippen molar-refractivity contribution in [2.24, 2.45) is 0 Å². The monoisotopic (exact) mass is 342 g/mol. The summed E-state index contributed by atoms with van der Waals surface area (Å²) in [6.45, 7) is 0. The molecule has 2 aromatic carbocycles. The number of halogens is 3. The summed E-state index contributed by atoms with van der Waals surface area (Å²) in [7, 11) is 0. The summed E-state index contributed by atoms with van der Waals surface area (Å²) >= 11 is 9.24. The van der Waals surface area contributed by atoms with Crippen LogP contribution in [0.5, 0.6) is 0 Å². The van der Waals surface area contributed by atoms with Gasteiger partial charge < -0.3 is 11.1 Å². The Balaban J connectivity index is 2.31. The average molecular weight is 344 g/mol. The summed E-state index contributed by atoms with van der Waals surface area (Å²) in [4.78, 5) is 12.1. The Bertz CT molecular complexity index is 649. The minimum atomic E-state index is -0.482. The van der Waals surface area contributed by atoms with Crippen LogP contribution in [0.4, 0.5) is 15.8 Å². The molecule has 0 aliphatic heterocycles. The third-order valence-electron chi connectivity index (χ3n) is 2.46. The molecule has 0 bridgehead atoms. The molecular formula is C13H9BrClFN2O. The number of hydrogen-bond donors (Lipinski definition) is 2. The Hall–Kier alpha value is -1.59. The zero-order valence-corrected chi connectivity index (χ0v) is 11.9. The van der Waals surface area contributed by atoms with Gasteiger partial charge in [0.25, 0.3) is 5.91 Å². The maximum atomic E-state index is 13.1. The van der Waals surface area contributed by atoms with Crippen LogP contribution in [-0.4, -0.2) is 5.91 Å². The first-order valence-corrected chi connectivity index (χ1v) is 6.46. The van der Waals surface area contributed by atoms with Gasteiger partial charge in [-0.25, -0.2) is 4.39 Å². The van der Waals surface area contributed by atoms with Crippen LogP contribution in [-0.2, 0) is 0 Å². The highest BCUT2D eigenvalue weighted by Crippen LogP contribution is 2.27. The fourth-order valence-electron chi connectivity index (χ4n) is 1.51. The van der Waals surface area contributed by atoms with Crippen LogP contribution < -0.4 is 11.1 Å². The van der Waals surface area contributed by atoms with Crippen LogP contribution >= 0.6 is 27.5 Å². The number of nitrogen functional groups attached to an aromatic ring is 1. The van der Waals surface area contributed by atoms with Crippen LogP contribution in [0.3, 0.4) is 0 Å². The molecule has 0 heterocycles. The van der Waals surface area contributed by atoms with Gasteiger partial charge in [0.2, 0.25) is 0 Å². The van der Waals surface area contributed by atoms with Crippen molar-refractivity contribution in [1.29, 1.82) is 0 Å². The van der Waals surface area contributed by atoms with Crippen molar-refractivity contribution < 1.29 is 9.18 Å². The van der Waals surface area contributed by atoms with Gasteiger partial charge in [0.15, 0.2) is 0 Å². The second-order valence-corrected chi connectivity index (χ2v) is 5.02. The topological polar surface area (TPSA) is 55.1 Å². The third-order valence-corrected chi connectivity index (χ3v) is 3.76. The standard InChI is InChI=1S/C13H9BrClFN2O/c14-9-3-1-2-8(12(9)15)13(19)18-11-6-7(16)4-5-10(11)17/h1-6H,17H2,(H,18,19). The van der Waals surface area contributed by atoms with Crippen LogP contribution in [0.15, 0.2) is 40.9 Å². The van der Waals surface area contributed by atoms with E-state index in [2.05, 4.69) is 21.2 Å². The molecule has 0 spiro atoms. The van der Waals surface area contributed by atoms with E-state index in [1.807, 2.05) is 0 Å². The lowest BCUT2D eigenvalue weighted by Gasteiger charge is -2.09. The molecule has 1 amide bonds. The van der Waals surface area contributed by atoms with Crippen LogP contribution in [0.2, 0.25) is 5.02 Å². The van der Waals surface area contributed by atoms with E-state index < -0.39 is 11.7 Å². The van der Waals surface area contributed by atoms with Gasteiger partial charge in [-0.3, -0.25) is 4.79 Å². The van der Waals surface area contributed by atoms with Gasteiger partial charge in [-0.2, -0.15) is 0 Å². The van der Waals surface area contributed by atoms with Crippen molar-refractivity contribution in [3.05, 3.63) is 57.3 Å². The number of nitrogens with two attached hydrogens (primary N) is 1. The average Bonchev–Trinajstić information content (AvgIpc) is 2.37. The predicted octanol–water partition coefficient (Wildman–Crippen LogP) is 4.08. The third kappa shape index (κ3) is 3.05. The zero-order chi connectivity index (χ0) is 14.0. The number of amides is 1. The molecule has 0 atom stereocenters. The van der Waals surface area contributed by atoms with E-state index in [0.717, 1.165) is 6.07 Å². The fraction of sp³-hybridized carbons (Fsp3) is 0. The predicted molar refractivity (Wildman–Crippen MR) is 77.9 cm³/mol. The smallest absolute Gasteiger partial charge is 0.257 e. The van der Waals surface area contributed by atoms with Gasteiger partial charge in [0.05, 0.1) is 22.0 Å². The van der Waals surface area contributed by atoms with Crippen molar-refractivity contribution in [1.82, 2.24) is 0 Å². The highest BCUT2D eigenvalue weighted by molar-refractivity contribution is 9.10. The van der Waals surface area contributed by atoms with E-state index >= 15 is 0 Å². The lowest BCUT2D eigenvalue weighted by molar-refractivity contribution is 0.102. The zero-order valence-electron chi connectivity index (χ0n) is 9.58. The van der Waals surface area contributed by atoms with Crippen LogP contribution in [0.1, 0.15) is 10.4 Å². The lowest BCUT2D eigenvalue weighted by atomic mass is 10.2. The first kappa shape index (κ1) is 13.8. The number of rotatable bonds is 2. The highest BCUT2D eigenvalue weighted by atomic mass is 79.9. The minimum absolute atomic E-state index is 0.209. The van der Waals surface area contributed by atoms with Crippen LogP contribution in [0, 0.1) is 5.82 Å². The summed E-state index contributed by atoms with van der Waals surface area (Å²) in [5.41, 5.74) is 6.43. The Kier molecular flexibility index (Phi) is 4.07. The van der Waals surface area contributed by atoms with E-state index in [-0.39, 0.29) is 22.0 Å². The van der Waals surface area contributed by atoms with Gasteiger partial charge in [-0.05, 0) is 46.3 Å². The fourth-order valence-corrected chi connectivity index (χ4v) is 2.08. The van der Waals surface area contributed by atoms with Crippen LogP contribution in [0.25, 0.3) is 0 Å². The minimum Gasteiger partial charge on any atom is -0.397 e. The van der Waals surface area contributed by atoms with E-state index in [1.165, 1.54) is 12.1 Å². The first-order chi connectivity index (χ1) is 8.99. The van der Waals surface area contributed by atoms with Crippen molar-refractivity contribution in [3.8, 4) is 0 Å². The maximum Gasteiger partial charge on any atom is 0.257 e. The maximum absolute atomic E-state index is 13.1. The SMILES string of the molecule is Nc1ccc(F)cc1NC(=O)c1cccc(Br)c1Cl. The molecule has 0 aliphatic rings. The van der Waals surface area contributed by atoms with Gasteiger partial charge in [0.1, 0.15) is 5.82 Å². The number of benzene rings is 2. The van der Waals surface area contributed by atoms with Crippen molar-refractivity contribution in [2.75, 3.05) is 11.1 Å². The van der Waals surface area contributed by atoms with E-state index in [0.29, 0.717) is 4.47 Å². The Morgan fingerprint density at radius 1 is 1.32 bits per heavy atom. The molecule has 0 aliphatic carbocycles. The molecule has 0 saturated heterocycles. The summed E-state index contributed by atoms with van der Waals surface area (Å²) in [5.74, 6) is -0.937. The Morgan fingerprint density at radius 3 is 2.79 bits per heavy atom. The molecule has 0 radical (unpaired) electrons. The van der Waals surface area contributed by atoms with E-state index in [1.54, 1.807) is 18.2 Å². The highest BCUT2D eigenvalue weighted by Gasteiger charge is 2.13. The number of carbonyl (C=O) groups excluding carboxylic acids is 1. The van der Waals surface area contributed by atoms with Crippen molar-refractivity contribution in [2.45, 2.75) is 0 Å². The number of carbonyl (C=O) groups is 1. The molecule has 0 fully saturated rings. The van der Waals surface area contributed by atoms with Gasteiger partial charge in [0, 0.05) is 4.47 Å². The second-order valence-electron chi connectivity index (χ2n) is 3.79. The number of hydrogen-bond acceptors (Lipinski definition) is 2. The normalized spacial score (nSPS) is 10.3. The molecule has 3 N–H and O–H groups in total. The van der Waals surface area contributed by atoms with E-state index in [9.17, 15) is 9.18 Å².